The van der Waals surface area contributed by atoms with E-state index in [4.69, 9.17) is 0 Å². The van der Waals surface area contributed by atoms with Gasteiger partial charge in [-0.1, -0.05) is 115 Å². The van der Waals surface area contributed by atoms with Gasteiger partial charge in [-0.25, -0.2) is 0 Å². The molecule has 0 unspecified atom stereocenters. The van der Waals surface area contributed by atoms with Crippen LogP contribution in [-0.2, 0) is 0 Å². The molecule has 0 saturated carbocycles. The van der Waals surface area contributed by atoms with Crippen LogP contribution in [0, 0.1) is 0 Å². The van der Waals surface area contributed by atoms with Crippen molar-refractivity contribution >= 4 is 21.5 Å². The Morgan fingerprint density at radius 2 is 0.875 bits per heavy atom. The highest BCUT2D eigenvalue weighted by Crippen LogP contribution is 2.38. The van der Waals surface area contributed by atoms with E-state index in [1.54, 1.807) is 0 Å². The van der Waals surface area contributed by atoms with Crippen molar-refractivity contribution in [1.29, 1.82) is 0 Å². The third-order valence-electron chi connectivity index (χ3n) is 6.25. The van der Waals surface area contributed by atoms with E-state index in [-0.39, 0.29) is 0 Å². The average Bonchev–Trinajstić information content (AvgIpc) is 2.88. The van der Waals surface area contributed by atoms with Gasteiger partial charge in [-0.3, -0.25) is 0 Å². The van der Waals surface area contributed by atoms with Gasteiger partial charge in [0, 0.05) is 0 Å². The Kier molecular flexibility index (Phi) is 4.55. The van der Waals surface area contributed by atoms with Crippen LogP contribution < -0.4 is 0 Å². The minimum absolute atomic E-state index is 1.24. The van der Waals surface area contributed by atoms with E-state index in [1.807, 2.05) is 0 Å². The molecule has 0 fully saturated rings. The molecular weight excluding hydrogens is 384 g/mol. The molecule has 0 aliphatic rings. The highest BCUT2D eigenvalue weighted by atomic mass is 14.2. The van der Waals surface area contributed by atoms with Gasteiger partial charge in [0.15, 0.2) is 0 Å². The maximum Gasteiger partial charge on any atom is -0.00990 e. The molecule has 32 heavy (non-hydrogen) atoms. The lowest BCUT2D eigenvalue weighted by Crippen LogP contribution is -1.88. The summed E-state index contributed by atoms with van der Waals surface area (Å²) < 4.78 is 0. The predicted molar refractivity (Wildman–Crippen MR) is 138 cm³/mol. The third kappa shape index (κ3) is 3.27. The van der Waals surface area contributed by atoms with Crippen LogP contribution in [0.15, 0.2) is 133 Å². The van der Waals surface area contributed by atoms with Crippen LogP contribution in [0.2, 0.25) is 0 Å². The van der Waals surface area contributed by atoms with Crippen LogP contribution in [0.1, 0.15) is 0 Å². The van der Waals surface area contributed by atoms with Gasteiger partial charge in [0.05, 0.1) is 0 Å². The molecule has 0 aromatic heterocycles. The van der Waals surface area contributed by atoms with Crippen molar-refractivity contribution in [2.24, 2.45) is 0 Å². The minimum atomic E-state index is 1.24. The molecular formula is C32H22. The van der Waals surface area contributed by atoms with E-state index in [0.29, 0.717) is 0 Å². The first-order valence-electron chi connectivity index (χ1n) is 11.0. The molecule has 150 valence electrons. The normalized spacial score (nSPS) is 11.1. The van der Waals surface area contributed by atoms with Gasteiger partial charge in [0.25, 0.3) is 0 Å². The second-order valence-electron chi connectivity index (χ2n) is 8.22. The van der Waals surface area contributed by atoms with E-state index in [1.165, 1.54) is 54.9 Å². The van der Waals surface area contributed by atoms with Crippen molar-refractivity contribution in [1.82, 2.24) is 0 Å². The van der Waals surface area contributed by atoms with Crippen molar-refractivity contribution in [2.45, 2.75) is 0 Å². The van der Waals surface area contributed by atoms with Crippen LogP contribution in [0.3, 0.4) is 0 Å². The van der Waals surface area contributed by atoms with E-state index in [0.717, 1.165) is 0 Å². The molecule has 0 radical (unpaired) electrons. The fourth-order valence-electron chi connectivity index (χ4n) is 4.66. The molecule has 0 N–H and O–H groups in total. The van der Waals surface area contributed by atoms with Gasteiger partial charge in [0.1, 0.15) is 0 Å². The highest BCUT2D eigenvalue weighted by Gasteiger charge is 2.11. The van der Waals surface area contributed by atoms with Crippen molar-refractivity contribution in [3.8, 4) is 33.4 Å². The molecule has 0 atom stereocenters. The van der Waals surface area contributed by atoms with E-state index in [2.05, 4.69) is 133 Å². The zero-order valence-electron chi connectivity index (χ0n) is 17.7. The van der Waals surface area contributed by atoms with Crippen molar-refractivity contribution < 1.29 is 0 Å². The zero-order chi connectivity index (χ0) is 21.3. The number of hydrogen-bond donors (Lipinski definition) is 0. The maximum absolute atomic E-state index is 2.35. The molecule has 0 saturated heterocycles. The summed E-state index contributed by atoms with van der Waals surface area (Å²) in [7, 11) is 0. The first kappa shape index (κ1) is 18.6. The first-order chi connectivity index (χ1) is 15.9. The maximum atomic E-state index is 2.35. The SMILES string of the molecule is c1ccc(-c2ccc(-c3cccc4cc5ccccc5cc34)cc2-c2ccccc2)cc1. The first-order valence-corrected chi connectivity index (χ1v) is 11.0. The molecule has 0 bridgehead atoms. The Labute approximate surface area is 188 Å². The number of hydrogen-bond acceptors (Lipinski definition) is 0. The fraction of sp³-hybridized carbons (Fsp3) is 0. The Morgan fingerprint density at radius 3 is 1.59 bits per heavy atom. The molecule has 6 aromatic carbocycles. The predicted octanol–water partition coefficient (Wildman–Crippen LogP) is 8.99. The molecule has 0 aliphatic heterocycles. The van der Waals surface area contributed by atoms with Crippen LogP contribution in [-0.4, -0.2) is 0 Å². The Balaban J connectivity index is 1.60. The monoisotopic (exact) mass is 406 g/mol. The lowest BCUT2D eigenvalue weighted by atomic mass is 9.89. The van der Waals surface area contributed by atoms with E-state index < -0.39 is 0 Å². The van der Waals surface area contributed by atoms with Crippen molar-refractivity contribution in [3.63, 3.8) is 0 Å². The molecule has 6 aromatic rings. The molecule has 0 aliphatic carbocycles. The highest BCUT2D eigenvalue weighted by molar-refractivity contribution is 6.05. The molecule has 0 heterocycles. The fourth-order valence-corrected chi connectivity index (χ4v) is 4.66. The van der Waals surface area contributed by atoms with E-state index >= 15 is 0 Å². The minimum Gasteiger partial charge on any atom is -0.0622 e. The topological polar surface area (TPSA) is 0 Å². The number of fused-ring (bicyclic) bond motifs is 2. The molecule has 0 spiro atoms. The summed E-state index contributed by atoms with van der Waals surface area (Å²) in [6.45, 7) is 0. The molecule has 0 amide bonds. The summed E-state index contributed by atoms with van der Waals surface area (Å²) >= 11 is 0. The second kappa shape index (κ2) is 7.83. The van der Waals surface area contributed by atoms with Crippen molar-refractivity contribution in [3.05, 3.63) is 133 Å². The van der Waals surface area contributed by atoms with Gasteiger partial charge < -0.3 is 0 Å². The summed E-state index contributed by atoms with van der Waals surface area (Å²) in [5, 5.41) is 5.12. The van der Waals surface area contributed by atoms with Crippen LogP contribution in [0.4, 0.5) is 0 Å². The summed E-state index contributed by atoms with van der Waals surface area (Å²) in [5.74, 6) is 0. The number of benzene rings is 6. The number of rotatable bonds is 3. The summed E-state index contributed by atoms with van der Waals surface area (Å²) in [6.07, 6.45) is 0. The van der Waals surface area contributed by atoms with Gasteiger partial charge in [-0.2, -0.15) is 0 Å². The van der Waals surface area contributed by atoms with E-state index in [9.17, 15) is 0 Å². The van der Waals surface area contributed by atoms with Gasteiger partial charge >= 0.3 is 0 Å². The van der Waals surface area contributed by atoms with Crippen molar-refractivity contribution in [2.75, 3.05) is 0 Å². The standard InChI is InChI=1S/C32H22/c1-3-10-23(11-4-1)30-19-18-28(22-31(30)24-12-5-2-6-13-24)29-17-9-16-27-20-25-14-7-8-15-26(25)21-32(27)29/h1-22H. The third-order valence-corrected chi connectivity index (χ3v) is 6.25. The summed E-state index contributed by atoms with van der Waals surface area (Å²) in [6, 6.07) is 48.1. The van der Waals surface area contributed by atoms with Gasteiger partial charge in [-0.15, -0.1) is 0 Å². The van der Waals surface area contributed by atoms with Gasteiger partial charge in [-0.05, 0) is 73.1 Å². The molecule has 0 heteroatoms. The molecule has 0 nitrogen and oxygen atoms in total. The zero-order valence-corrected chi connectivity index (χ0v) is 17.7. The largest absolute Gasteiger partial charge is 0.0622 e. The Bertz CT molecular complexity index is 1540. The lowest BCUT2D eigenvalue weighted by molar-refractivity contribution is 1.57. The van der Waals surface area contributed by atoms with Crippen LogP contribution in [0.5, 0.6) is 0 Å². The average molecular weight is 407 g/mol. The Morgan fingerprint density at radius 1 is 0.281 bits per heavy atom. The van der Waals surface area contributed by atoms with Crippen LogP contribution in [0.25, 0.3) is 54.9 Å². The van der Waals surface area contributed by atoms with Gasteiger partial charge in [0.2, 0.25) is 0 Å². The lowest BCUT2D eigenvalue weighted by Gasteiger charge is -2.15. The quantitative estimate of drug-likeness (QED) is 0.257. The van der Waals surface area contributed by atoms with Crippen LogP contribution >= 0.6 is 0 Å². The Hall–Kier alpha value is -4.16. The second-order valence-corrected chi connectivity index (χ2v) is 8.22. The summed E-state index contributed by atoms with van der Waals surface area (Å²) in [4.78, 5) is 0. The molecule has 6 rings (SSSR count). The summed E-state index contributed by atoms with van der Waals surface area (Å²) in [5.41, 5.74) is 7.49. The smallest absolute Gasteiger partial charge is 0.00990 e.